The summed E-state index contributed by atoms with van der Waals surface area (Å²) in [6, 6.07) is 4.26. The fourth-order valence-corrected chi connectivity index (χ4v) is 1.92. The summed E-state index contributed by atoms with van der Waals surface area (Å²) in [6.07, 6.45) is 2.34. The molecular weight excluding hydrogens is 198 g/mol. The van der Waals surface area contributed by atoms with Crippen LogP contribution in [-0.4, -0.2) is 20.2 Å². The highest BCUT2D eigenvalue weighted by Gasteiger charge is 2.05. The molecule has 2 nitrogen and oxygen atoms in total. The Labute approximate surface area is 99.0 Å². The lowest BCUT2D eigenvalue weighted by molar-refractivity contribution is 0.411. The second-order valence-corrected chi connectivity index (χ2v) is 4.13. The van der Waals surface area contributed by atoms with Crippen molar-refractivity contribution >= 4 is 0 Å². The molecule has 0 bridgehead atoms. The number of ether oxygens (including phenoxy) is 1. The first-order valence-electron chi connectivity index (χ1n) is 6.04. The quantitative estimate of drug-likeness (QED) is 0.746. The zero-order valence-electron chi connectivity index (χ0n) is 10.9. The van der Waals surface area contributed by atoms with Crippen molar-refractivity contribution < 1.29 is 4.74 Å². The molecule has 0 radical (unpaired) electrons. The molecule has 1 aromatic rings. The van der Waals surface area contributed by atoms with Crippen molar-refractivity contribution in [1.82, 2.24) is 5.32 Å². The SMILES string of the molecule is CCNCCCc1ccc(OC)c(C)c1C. The first-order chi connectivity index (χ1) is 7.70. The van der Waals surface area contributed by atoms with Gasteiger partial charge in [-0.05, 0) is 62.5 Å². The van der Waals surface area contributed by atoms with E-state index < -0.39 is 0 Å². The summed E-state index contributed by atoms with van der Waals surface area (Å²) in [5.41, 5.74) is 4.08. The molecule has 0 aliphatic heterocycles. The lowest BCUT2D eigenvalue weighted by Crippen LogP contribution is -2.14. The van der Waals surface area contributed by atoms with Crippen LogP contribution in [0.25, 0.3) is 0 Å². The molecule has 0 spiro atoms. The summed E-state index contributed by atoms with van der Waals surface area (Å²) in [4.78, 5) is 0. The Kier molecular flexibility index (Phi) is 5.33. The van der Waals surface area contributed by atoms with E-state index in [0.29, 0.717) is 0 Å². The lowest BCUT2D eigenvalue weighted by atomic mass is 9.99. The number of hydrogen-bond acceptors (Lipinski definition) is 2. The van der Waals surface area contributed by atoms with Crippen LogP contribution in [0.1, 0.15) is 30.0 Å². The average molecular weight is 221 g/mol. The van der Waals surface area contributed by atoms with E-state index in [9.17, 15) is 0 Å². The van der Waals surface area contributed by atoms with Crippen molar-refractivity contribution in [2.24, 2.45) is 0 Å². The predicted octanol–water partition coefficient (Wildman–Crippen LogP) is 2.85. The normalized spacial score (nSPS) is 10.5. The number of benzene rings is 1. The van der Waals surface area contributed by atoms with Crippen molar-refractivity contribution in [3.8, 4) is 5.75 Å². The molecule has 1 aromatic carbocycles. The van der Waals surface area contributed by atoms with Gasteiger partial charge >= 0.3 is 0 Å². The molecule has 1 N–H and O–H groups in total. The van der Waals surface area contributed by atoms with E-state index in [2.05, 4.69) is 38.2 Å². The van der Waals surface area contributed by atoms with Crippen molar-refractivity contribution in [2.45, 2.75) is 33.6 Å². The van der Waals surface area contributed by atoms with Crippen LogP contribution in [0.2, 0.25) is 0 Å². The summed E-state index contributed by atoms with van der Waals surface area (Å²) in [7, 11) is 1.73. The summed E-state index contributed by atoms with van der Waals surface area (Å²) >= 11 is 0. The van der Waals surface area contributed by atoms with E-state index >= 15 is 0 Å². The predicted molar refractivity (Wildman–Crippen MR) is 69.3 cm³/mol. The maximum Gasteiger partial charge on any atom is 0.122 e. The minimum atomic E-state index is 0.993. The van der Waals surface area contributed by atoms with Crippen LogP contribution in [-0.2, 0) is 6.42 Å². The van der Waals surface area contributed by atoms with E-state index in [0.717, 1.165) is 25.3 Å². The average Bonchev–Trinajstić information content (AvgIpc) is 2.30. The topological polar surface area (TPSA) is 21.3 Å². The minimum Gasteiger partial charge on any atom is -0.496 e. The van der Waals surface area contributed by atoms with Gasteiger partial charge in [-0.2, -0.15) is 0 Å². The minimum absolute atomic E-state index is 0.993. The zero-order valence-corrected chi connectivity index (χ0v) is 10.9. The van der Waals surface area contributed by atoms with Gasteiger partial charge in [0.1, 0.15) is 5.75 Å². The Bertz CT molecular complexity index is 334. The number of nitrogens with one attached hydrogen (secondary N) is 1. The van der Waals surface area contributed by atoms with Crippen molar-refractivity contribution in [3.63, 3.8) is 0 Å². The molecule has 0 aromatic heterocycles. The molecule has 1 rings (SSSR count). The van der Waals surface area contributed by atoms with E-state index in [1.54, 1.807) is 7.11 Å². The van der Waals surface area contributed by atoms with Gasteiger partial charge in [0.2, 0.25) is 0 Å². The van der Waals surface area contributed by atoms with Crippen LogP contribution in [0.4, 0.5) is 0 Å². The van der Waals surface area contributed by atoms with Crippen LogP contribution in [0, 0.1) is 13.8 Å². The fourth-order valence-electron chi connectivity index (χ4n) is 1.92. The molecule has 0 unspecified atom stereocenters. The Hall–Kier alpha value is -1.02. The van der Waals surface area contributed by atoms with Gasteiger partial charge in [0.15, 0.2) is 0 Å². The number of hydrogen-bond donors (Lipinski definition) is 1. The second-order valence-electron chi connectivity index (χ2n) is 4.13. The fraction of sp³-hybridized carbons (Fsp3) is 0.571. The molecule has 0 atom stereocenters. The number of aryl methyl sites for hydroxylation is 1. The molecule has 2 heteroatoms. The maximum absolute atomic E-state index is 5.31. The van der Waals surface area contributed by atoms with Gasteiger partial charge in [-0.1, -0.05) is 13.0 Å². The van der Waals surface area contributed by atoms with Gasteiger partial charge in [0, 0.05) is 0 Å². The van der Waals surface area contributed by atoms with E-state index in [1.165, 1.54) is 23.1 Å². The molecular formula is C14H23NO. The van der Waals surface area contributed by atoms with Gasteiger partial charge < -0.3 is 10.1 Å². The zero-order chi connectivity index (χ0) is 12.0. The van der Waals surface area contributed by atoms with Gasteiger partial charge in [0.05, 0.1) is 7.11 Å². The van der Waals surface area contributed by atoms with Crippen LogP contribution in [0.5, 0.6) is 5.75 Å². The van der Waals surface area contributed by atoms with Crippen molar-refractivity contribution in [2.75, 3.05) is 20.2 Å². The Morgan fingerprint density at radius 2 is 1.94 bits per heavy atom. The van der Waals surface area contributed by atoms with Gasteiger partial charge in [-0.25, -0.2) is 0 Å². The molecule has 0 heterocycles. The van der Waals surface area contributed by atoms with Crippen molar-refractivity contribution in [3.05, 3.63) is 28.8 Å². The Balaban J connectivity index is 2.64. The monoisotopic (exact) mass is 221 g/mol. The second kappa shape index (κ2) is 6.54. The molecule has 0 saturated carbocycles. The lowest BCUT2D eigenvalue weighted by Gasteiger charge is -2.12. The third kappa shape index (κ3) is 3.24. The maximum atomic E-state index is 5.31. The van der Waals surface area contributed by atoms with Gasteiger partial charge in [-0.3, -0.25) is 0 Å². The first kappa shape index (κ1) is 13.0. The highest BCUT2D eigenvalue weighted by molar-refractivity contribution is 5.43. The van der Waals surface area contributed by atoms with Gasteiger partial charge in [-0.15, -0.1) is 0 Å². The molecule has 0 aliphatic carbocycles. The molecule has 0 amide bonds. The number of methoxy groups -OCH3 is 1. The summed E-state index contributed by atoms with van der Waals surface area (Å²) < 4.78 is 5.31. The molecule has 0 saturated heterocycles. The summed E-state index contributed by atoms with van der Waals surface area (Å²) in [5.74, 6) is 0.993. The standard InChI is InChI=1S/C14H23NO/c1-5-15-10-6-7-13-8-9-14(16-4)12(3)11(13)2/h8-9,15H,5-7,10H2,1-4H3. The smallest absolute Gasteiger partial charge is 0.122 e. The number of rotatable bonds is 6. The Morgan fingerprint density at radius 1 is 1.19 bits per heavy atom. The summed E-state index contributed by atoms with van der Waals surface area (Å²) in [6.45, 7) is 8.60. The third-order valence-corrected chi connectivity index (χ3v) is 3.12. The highest BCUT2D eigenvalue weighted by Crippen LogP contribution is 2.24. The first-order valence-corrected chi connectivity index (χ1v) is 6.04. The largest absolute Gasteiger partial charge is 0.496 e. The van der Waals surface area contributed by atoms with Gasteiger partial charge in [0.25, 0.3) is 0 Å². The van der Waals surface area contributed by atoms with Crippen LogP contribution in [0.15, 0.2) is 12.1 Å². The summed E-state index contributed by atoms with van der Waals surface area (Å²) in [5, 5.41) is 3.35. The van der Waals surface area contributed by atoms with E-state index in [-0.39, 0.29) is 0 Å². The van der Waals surface area contributed by atoms with E-state index in [1.807, 2.05) is 0 Å². The molecule has 90 valence electrons. The van der Waals surface area contributed by atoms with Crippen LogP contribution in [0.3, 0.4) is 0 Å². The molecule has 0 fully saturated rings. The third-order valence-electron chi connectivity index (χ3n) is 3.12. The van der Waals surface area contributed by atoms with E-state index in [4.69, 9.17) is 4.74 Å². The molecule has 0 aliphatic rings. The Morgan fingerprint density at radius 3 is 2.56 bits per heavy atom. The van der Waals surface area contributed by atoms with Crippen LogP contribution >= 0.6 is 0 Å². The highest BCUT2D eigenvalue weighted by atomic mass is 16.5. The molecule has 16 heavy (non-hydrogen) atoms. The van der Waals surface area contributed by atoms with Crippen molar-refractivity contribution in [1.29, 1.82) is 0 Å². The van der Waals surface area contributed by atoms with Crippen LogP contribution < -0.4 is 10.1 Å².